The van der Waals surface area contributed by atoms with Crippen molar-refractivity contribution < 1.29 is 18.3 Å². The largest absolute Gasteiger partial charge is 0.476 e. The molecule has 0 unspecified atom stereocenters. The van der Waals surface area contributed by atoms with Crippen LogP contribution in [-0.4, -0.2) is 31.0 Å². The molecule has 0 aliphatic rings. The molecule has 9 heteroatoms. The highest BCUT2D eigenvalue weighted by Crippen LogP contribution is 2.19. The summed E-state index contributed by atoms with van der Waals surface area (Å²) in [6.07, 6.45) is 0.445. The average molecular weight is 347 g/mol. The molecule has 0 bridgehead atoms. The highest BCUT2D eigenvalue weighted by atomic mass is 35.5. The second-order valence-corrected chi connectivity index (χ2v) is 7.32. The van der Waals surface area contributed by atoms with E-state index in [0.29, 0.717) is 11.4 Å². The van der Waals surface area contributed by atoms with Gasteiger partial charge in [-0.05, 0) is 24.1 Å². The van der Waals surface area contributed by atoms with Gasteiger partial charge >= 0.3 is 5.97 Å². The van der Waals surface area contributed by atoms with Gasteiger partial charge in [-0.2, -0.15) is 0 Å². The molecule has 6 nitrogen and oxygen atoms in total. The third kappa shape index (κ3) is 4.01. The molecule has 1 aromatic heterocycles. The zero-order valence-corrected chi connectivity index (χ0v) is 13.0. The van der Waals surface area contributed by atoms with Crippen LogP contribution in [0, 0.1) is 0 Å². The molecule has 0 aliphatic heterocycles. The fourth-order valence-corrected chi connectivity index (χ4v) is 4.08. The van der Waals surface area contributed by atoms with Gasteiger partial charge in [-0.3, -0.25) is 0 Å². The summed E-state index contributed by atoms with van der Waals surface area (Å²) in [6, 6.07) is 7.07. The molecule has 0 saturated carbocycles. The maximum atomic E-state index is 12.0. The number of carboxylic acid groups (broad SMARTS) is 1. The first kappa shape index (κ1) is 15.9. The second kappa shape index (κ2) is 6.52. The number of aromatic nitrogens is 1. The number of nitrogens with one attached hydrogen (secondary N) is 1. The number of thiazole rings is 1. The Kier molecular flexibility index (Phi) is 4.94. The van der Waals surface area contributed by atoms with Crippen molar-refractivity contribution in [1.82, 2.24) is 9.71 Å². The molecule has 0 atom stereocenters. The van der Waals surface area contributed by atoms with Crippen molar-refractivity contribution in [3.63, 3.8) is 0 Å². The predicted molar refractivity (Wildman–Crippen MR) is 79.4 cm³/mol. The van der Waals surface area contributed by atoms with Crippen LogP contribution in [0.3, 0.4) is 0 Å². The number of nitrogens with zero attached hydrogens (tertiary/aromatic N) is 1. The average Bonchev–Trinajstić information content (AvgIpc) is 2.88. The van der Waals surface area contributed by atoms with Gasteiger partial charge in [0.2, 0.25) is 0 Å². The van der Waals surface area contributed by atoms with Gasteiger partial charge in [0.05, 0.1) is 5.51 Å². The van der Waals surface area contributed by atoms with Gasteiger partial charge in [0.25, 0.3) is 10.0 Å². The van der Waals surface area contributed by atoms with Crippen LogP contribution in [0.1, 0.15) is 16.1 Å². The lowest BCUT2D eigenvalue weighted by Crippen LogP contribution is -2.26. The number of carbonyl (C=O) groups is 1. The molecule has 1 aromatic carbocycles. The highest BCUT2D eigenvalue weighted by Gasteiger charge is 2.25. The van der Waals surface area contributed by atoms with Crippen molar-refractivity contribution in [2.75, 3.05) is 6.54 Å². The van der Waals surface area contributed by atoms with E-state index in [1.807, 2.05) is 6.07 Å². The second-order valence-electron chi connectivity index (χ2n) is 4.07. The van der Waals surface area contributed by atoms with Crippen LogP contribution in [0.4, 0.5) is 0 Å². The Labute approximate surface area is 130 Å². The zero-order valence-electron chi connectivity index (χ0n) is 10.6. The standard InChI is InChI=1S/C12H11ClN2O4S2/c13-9-3-1-2-8(6-9)4-5-15-21(18,19)12-10(11(16)17)14-7-20-12/h1-3,6-7,15H,4-5H2,(H,16,17). The van der Waals surface area contributed by atoms with E-state index in [4.69, 9.17) is 16.7 Å². The lowest BCUT2D eigenvalue weighted by atomic mass is 10.2. The molecular formula is C12H11ClN2O4S2. The number of sulfonamides is 1. The summed E-state index contributed by atoms with van der Waals surface area (Å²) < 4.78 is 26.2. The van der Waals surface area contributed by atoms with E-state index in [1.165, 1.54) is 5.51 Å². The van der Waals surface area contributed by atoms with Crippen LogP contribution in [0.2, 0.25) is 5.02 Å². The van der Waals surface area contributed by atoms with E-state index in [9.17, 15) is 13.2 Å². The minimum absolute atomic E-state index is 0.139. The van der Waals surface area contributed by atoms with E-state index in [2.05, 4.69) is 9.71 Å². The van der Waals surface area contributed by atoms with Gasteiger partial charge in [-0.1, -0.05) is 23.7 Å². The first-order chi connectivity index (χ1) is 9.90. The summed E-state index contributed by atoms with van der Waals surface area (Å²) in [6.45, 7) is 0.139. The number of benzene rings is 1. The van der Waals surface area contributed by atoms with Crippen molar-refractivity contribution in [2.24, 2.45) is 0 Å². The SMILES string of the molecule is O=C(O)c1ncsc1S(=O)(=O)NCCc1cccc(Cl)c1. The first-order valence-corrected chi connectivity index (χ1v) is 8.55. The fraction of sp³-hybridized carbons (Fsp3) is 0.167. The van der Waals surface area contributed by atoms with Gasteiger partial charge in [0.1, 0.15) is 0 Å². The van der Waals surface area contributed by atoms with Crippen LogP contribution >= 0.6 is 22.9 Å². The lowest BCUT2D eigenvalue weighted by molar-refractivity contribution is 0.0687. The molecule has 0 radical (unpaired) electrons. The molecule has 2 rings (SSSR count). The normalized spacial score (nSPS) is 11.5. The van der Waals surface area contributed by atoms with Crippen molar-refractivity contribution >= 4 is 38.9 Å². The molecule has 0 aliphatic carbocycles. The van der Waals surface area contributed by atoms with Crippen molar-refractivity contribution in [3.8, 4) is 0 Å². The van der Waals surface area contributed by atoms with E-state index in [-0.39, 0.29) is 10.8 Å². The lowest BCUT2D eigenvalue weighted by Gasteiger charge is -2.06. The minimum Gasteiger partial charge on any atom is -0.476 e. The molecule has 2 aromatic rings. The van der Waals surface area contributed by atoms with Crippen molar-refractivity contribution in [2.45, 2.75) is 10.6 Å². The van der Waals surface area contributed by atoms with Crippen molar-refractivity contribution in [1.29, 1.82) is 0 Å². The zero-order chi connectivity index (χ0) is 15.5. The number of halogens is 1. The molecule has 1 heterocycles. The summed E-state index contributed by atoms with van der Waals surface area (Å²) in [5.41, 5.74) is 1.61. The van der Waals surface area contributed by atoms with Gasteiger partial charge in [0, 0.05) is 11.6 Å². The van der Waals surface area contributed by atoms with E-state index in [0.717, 1.165) is 16.9 Å². The Morgan fingerprint density at radius 1 is 1.43 bits per heavy atom. The van der Waals surface area contributed by atoms with Gasteiger partial charge in [0.15, 0.2) is 9.90 Å². The smallest absolute Gasteiger partial charge is 0.356 e. The maximum absolute atomic E-state index is 12.0. The van der Waals surface area contributed by atoms with Crippen LogP contribution < -0.4 is 4.72 Å². The van der Waals surface area contributed by atoms with Crippen LogP contribution in [-0.2, 0) is 16.4 Å². The topological polar surface area (TPSA) is 96.4 Å². The molecule has 0 spiro atoms. The minimum atomic E-state index is -3.88. The number of aromatic carboxylic acids is 1. The first-order valence-electron chi connectivity index (χ1n) is 5.81. The molecule has 0 saturated heterocycles. The van der Waals surface area contributed by atoms with Crippen molar-refractivity contribution in [3.05, 3.63) is 46.1 Å². The Morgan fingerprint density at radius 3 is 2.86 bits per heavy atom. The number of hydrogen-bond acceptors (Lipinski definition) is 5. The van der Waals surface area contributed by atoms with Gasteiger partial charge < -0.3 is 5.11 Å². The summed E-state index contributed by atoms with van der Waals surface area (Å²) in [5, 5.41) is 9.46. The third-order valence-electron chi connectivity index (χ3n) is 2.58. The molecular weight excluding hydrogens is 336 g/mol. The number of hydrogen-bond donors (Lipinski definition) is 2. The van der Waals surface area contributed by atoms with E-state index < -0.39 is 21.7 Å². The summed E-state index contributed by atoms with van der Waals surface area (Å²) in [5.74, 6) is -1.37. The summed E-state index contributed by atoms with van der Waals surface area (Å²) in [7, 11) is -3.88. The highest BCUT2D eigenvalue weighted by molar-refractivity contribution is 7.91. The fourth-order valence-electron chi connectivity index (χ4n) is 1.66. The third-order valence-corrected chi connectivity index (χ3v) is 5.64. The molecule has 21 heavy (non-hydrogen) atoms. The molecule has 112 valence electrons. The van der Waals surface area contributed by atoms with Crippen LogP contribution in [0.25, 0.3) is 0 Å². The quantitative estimate of drug-likeness (QED) is 0.834. The van der Waals surface area contributed by atoms with Gasteiger partial charge in [-0.15, -0.1) is 11.3 Å². The van der Waals surface area contributed by atoms with E-state index in [1.54, 1.807) is 18.2 Å². The van der Waals surface area contributed by atoms with Crippen LogP contribution in [0.5, 0.6) is 0 Å². The maximum Gasteiger partial charge on any atom is 0.356 e. The Morgan fingerprint density at radius 2 is 2.19 bits per heavy atom. The molecule has 0 fully saturated rings. The molecule has 2 N–H and O–H groups in total. The number of rotatable bonds is 6. The Hall–Kier alpha value is -1.48. The van der Waals surface area contributed by atoms with E-state index >= 15 is 0 Å². The molecule has 0 amide bonds. The predicted octanol–water partition coefficient (Wildman–Crippen LogP) is 2.02. The monoisotopic (exact) mass is 346 g/mol. The Balaban J connectivity index is 2.05. The number of carboxylic acids is 1. The van der Waals surface area contributed by atoms with Gasteiger partial charge in [-0.25, -0.2) is 22.9 Å². The summed E-state index contributed by atoms with van der Waals surface area (Å²) >= 11 is 6.61. The summed E-state index contributed by atoms with van der Waals surface area (Å²) in [4.78, 5) is 14.4. The van der Waals surface area contributed by atoms with Crippen LogP contribution in [0.15, 0.2) is 34.0 Å². The Bertz CT molecular complexity index is 758.